The smallest absolute Gasteiger partial charge is 0.146 e. The lowest BCUT2D eigenvalue weighted by Gasteiger charge is -2.31. The van der Waals surface area contributed by atoms with Gasteiger partial charge in [0, 0.05) is 25.1 Å². The molecule has 0 saturated heterocycles. The van der Waals surface area contributed by atoms with Gasteiger partial charge < -0.3 is 4.90 Å². The summed E-state index contributed by atoms with van der Waals surface area (Å²) in [5, 5.41) is 1.94. The van der Waals surface area contributed by atoms with Crippen LogP contribution in [-0.4, -0.2) is 16.6 Å². The lowest BCUT2D eigenvalue weighted by molar-refractivity contribution is 0.318. The van der Waals surface area contributed by atoms with Crippen LogP contribution in [0.4, 0.5) is 5.82 Å². The number of benzene rings is 1. The molecule has 1 N–H and O–H groups in total. The molecule has 1 aliphatic heterocycles. The van der Waals surface area contributed by atoms with Gasteiger partial charge in [-0.15, -0.1) is 0 Å². The molecule has 0 unspecified atom stereocenters. The van der Waals surface area contributed by atoms with E-state index in [0.717, 1.165) is 30.2 Å². The van der Waals surface area contributed by atoms with Crippen molar-refractivity contribution in [3.8, 4) is 0 Å². The average molecular weight is 332 g/mol. The molecule has 1 aromatic carbocycles. The molecule has 1 aliphatic rings. The van der Waals surface area contributed by atoms with Crippen LogP contribution in [0.5, 0.6) is 0 Å². The molecule has 2 heterocycles. The van der Waals surface area contributed by atoms with Crippen LogP contribution in [0, 0.1) is 6.92 Å². The standard InChI is InChI=1S/C21H24N4/c1-4-19(5-2)20-9-10-21(22-14-20)25-12-11-24(16-23-25)15-18-8-6-7-17(3)13-18/h4-14,23H,1,15-16H2,2-3H3/b19-5+. The maximum absolute atomic E-state index is 4.54. The molecule has 4 nitrogen and oxygen atoms in total. The number of hydrazine groups is 1. The molecule has 2 aromatic rings. The van der Waals surface area contributed by atoms with Gasteiger partial charge in [0.2, 0.25) is 0 Å². The zero-order valence-electron chi connectivity index (χ0n) is 14.8. The predicted octanol–water partition coefficient (Wildman–Crippen LogP) is 4.23. The van der Waals surface area contributed by atoms with Gasteiger partial charge in [-0.25, -0.2) is 10.4 Å². The van der Waals surface area contributed by atoms with E-state index in [4.69, 9.17) is 0 Å². The van der Waals surface area contributed by atoms with E-state index in [2.05, 4.69) is 65.3 Å². The number of nitrogens with zero attached hydrogens (tertiary/aromatic N) is 3. The molecule has 4 heteroatoms. The maximum Gasteiger partial charge on any atom is 0.146 e. The third-order valence-electron chi connectivity index (χ3n) is 4.20. The van der Waals surface area contributed by atoms with Crippen LogP contribution in [0.2, 0.25) is 0 Å². The van der Waals surface area contributed by atoms with Gasteiger partial charge in [0.25, 0.3) is 0 Å². The van der Waals surface area contributed by atoms with Crippen LogP contribution in [0.1, 0.15) is 23.6 Å². The maximum atomic E-state index is 4.54. The minimum Gasteiger partial charge on any atom is -0.357 e. The highest BCUT2D eigenvalue weighted by Crippen LogP contribution is 2.19. The molecule has 3 rings (SSSR count). The monoisotopic (exact) mass is 332 g/mol. The first-order valence-corrected chi connectivity index (χ1v) is 8.45. The molecule has 0 aliphatic carbocycles. The van der Waals surface area contributed by atoms with E-state index >= 15 is 0 Å². The van der Waals surface area contributed by atoms with Crippen molar-refractivity contribution < 1.29 is 0 Å². The molecule has 128 valence electrons. The Hall–Kier alpha value is -2.85. The second kappa shape index (κ2) is 7.81. The summed E-state index contributed by atoms with van der Waals surface area (Å²) < 4.78 is 0. The predicted molar refractivity (Wildman–Crippen MR) is 104 cm³/mol. The van der Waals surface area contributed by atoms with Crippen molar-refractivity contribution in [1.29, 1.82) is 0 Å². The van der Waals surface area contributed by atoms with Crippen LogP contribution in [0.3, 0.4) is 0 Å². The Balaban J connectivity index is 1.65. The number of nitrogens with one attached hydrogen (secondary N) is 1. The van der Waals surface area contributed by atoms with Gasteiger partial charge in [-0.05, 0) is 42.7 Å². The highest BCUT2D eigenvalue weighted by molar-refractivity contribution is 5.73. The zero-order chi connectivity index (χ0) is 17.6. The lowest BCUT2D eigenvalue weighted by atomic mass is 10.1. The van der Waals surface area contributed by atoms with E-state index in [1.54, 1.807) is 0 Å². The van der Waals surface area contributed by atoms with Gasteiger partial charge in [-0.2, -0.15) is 0 Å². The number of aryl methyl sites for hydroxylation is 1. The first-order chi connectivity index (χ1) is 12.2. The zero-order valence-corrected chi connectivity index (χ0v) is 14.8. The molecule has 0 atom stereocenters. The summed E-state index contributed by atoms with van der Waals surface area (Å²) >= 11 is 0. The molecule has 1 aromatic heterocycles. The van der Waals surface area contributed by atoms with Crippen LogP contribution in [0.15, 0.2) is 73.7 Å². The van der Waals surface area contributed by atoms with Gasteiger partial charge in [0.15, 0.2) is 0 Å². The number of aromatic nitrogens is 1. The largest absolute Gasteiger partial charge is 0.357 e. The molecule has 0 radical (unpaired) electrons. The Morgan fingerprint density at radius 3 is 2.76 bits per heavy atom. The van der Waals surface area contributed by atoms with Crippen molar-refractivity contribution in [1.82, 2.24) is 15.3 Å². The van der Waals surface area contributed by atoms with Crippen molar-refractivity contribution in [3.63, 3.8) is 0 Å². The van der Waals surface area contributed by atoms with E-state index in [1.165, 1.54) is 11.1 Å². The third-order valence-corrected chi connectivity index (χ3v) is 4.20. The van der Waals surface area contributed by atoms with E-state index < -0.39 is 0 Å². The van der Waals surface area contributed by atoms with E-state index in [1.807, 2.05) is 42.5 Å². The van der Waals surface area contributed by atoms with E-state index in [-0.39, 0.29) is 0 Å². The van der Waals surface area contributed by atoms with Crippen molar-refractivity contribution in [2.45, 2.75) is 20.4 Å². The molecule has 0 amide bonds. The Labute approximate surface area is 149 Å². The first kappa shape index (κ1) is 17.0. The van der Waals surface area contributed by atoms with Gasteiger partial charge in [0.05, 0.1) is 6.67 Å². The minimum atomic E-state index is 0.737. The van der Waals surface area contributed by atoms with Gasteiger partial charge in [0.1, 0.15) is 5.82 Å². The summed E-state index contributed by atoms with van der Waals surface area (Å²) in [6.45, 7) is 9.58. The van der Waals surface area contributed by atoms with Crippen LogP contribution in [-0.2, 0) is 6.54 Å². The minimum absolute atomic E-state index is 0.737. The number of hydrogen-bond acceptors (Lipinski definition) is 4. The fourth-order valence-corrected chi connectivity index (χ4v) is 2.85. The number of anilines is 1. The highest BCUT2D eigenvalue weighted by atomic mass is 15.6. The number of hydrogen-bond donors (Lipinski definition) is 1. The fourth-order valence-electron chi connectivity index (χ4n) is 2.85. The fraction of sp³-hybridized carbons (Fsp3) is 0.190. The number of rotatable bonds is 5. The van der Waals surface area contributed by atoms with Gasteiger partial charge >= 0.3 is 0 Å². The van der Waals surface area contributed by atoms with Gasteiger partial charge in [-0.1, -0.05) is 48.6 Å². The van der Waals surface area contributed by atoms with E-state index in [0.29, 0.717) is 0 Å². The Morgan fingerprint density at radius 2 is 2.16 bits per heavy atom. The topological polar surface area (TPSA) is 31.4 Å². The van der Waals surface area contributed by atoms with Crippen molar-refractivity contribution in [2.75, 3.05) is 11.7 Å². The molecule has 25 heavy (non-hydrogen) atoms. The Morgan fingerprint density at radius 1 is 1.28 bits per heavy atom. The highest BCUT2D eigenvalue weighted by Gasteiger charge is 2.12. The second-order valence-corrected chi connectivity index (χ2v) is 6.07. The number of pyridine rings is 1. The summed E-state index contributed by atoms with van der Waals surface area (Å²) in [6, 6.07) is 12.7. The van der Waals surface area contributed by atoms with Crippen LogP contribution >= 0.6 is 0 Å². The quantitative estimate of drug-likeness (QED) is 0.830. The average Bonchev–Trinajstić information content (AvgIpc) is 2.64. The van der Waals surface area contributed by atoms with E-state index in [9.17, 15) is 0 Å². The first-order valence-electron chi connectivity index (χ1n) is 8.45. The Kier molecular flexibility index (Phi) is 5.31. The summed E-state index contributed by atoms with van der Waals surface area (Å²) in [6.07, 6.45) is 9.85. The van der Waals surface area contributed by atoms with Crippen molar-refractivity contribution in [2.24, 2.45) is 0 Å². The third kappa shape index (κ3) is 4.17. The lowest BCUT2D eigenvalue weighted by Crippen LogP contribution is -2.44. The van der Waals surface area contributed by atoms with Gasteiger partial charge in [-0.3, -0.25) is 5.01 Å². The molecule has 0 spiro atoms. The van der Waals surface area contributed by atoms with Crippen molar-refractivity contribution in [3.05, 3.63) is 90.4 Å². The Bertz CT molecular complexity index is 790. The molecular weight excluding hydrogens is 308 g/mol. The summed E-state index contributed by atoms with van der Waals surface area (Å²) in [4.78, 5) is 6.78. The van der Waals surface area contributed by atoms with Crippen molar-refractivity contribution >= 4 is 11.4 Å². The summed E-state index contributed by atoms with van der Waals surface area (Å²) in [5.74, 6) is 0.870. The summed E-state index contributed by atoms with van der Waals surface area (Å²) in [7, 11) is 0. The SMILES string of the molecule is C=C/C(=C\C)c1ccc(N2C=CN(Cc3cccc(C)c3)CN2)nc1. The normalized spacial score (nSPS) is 14.7. The van der Waals surface area contributed by atoms with Crippen LogP contribution < -0.4 is 10.4 Å². The molecule has 0 bridgehead atoms. The number of allylic oxidation sites excluding steroid dienone is 3. The molecular formula is C21H24N4. The molecule has 0 saturated carbocycles. The summed E-state index contributed by atoms with van der Waals surface area (Å²) in [5.41, 5.74) is 8.13. The second-order valence-electron chi connectivity index (χ2n) is 6.07. The molecule has 0 fully saturated rings. The van der Waals surface area contributed by atoms with Crippen LogP contribution in [0.25, 0.3) is 5.57 Å².